The van der Waals surface area contributed by atoms with E-state index < -0.39 is 0 Å². The second-order valence-corrected chi connectivity index (χ2v) is 4.84. The van der Waals surface area contributed by atoms with Gasteiger partial charge >= 0.3 is 0 Å². The zero-order valence-corrected chi connectivity index (χ0v) is 11.1. The van der Waals surface area contributed by atoms with Crippen LogP contribution in [-0.4, -0.2) is 24.3 Å². The van der Waals surface area contributed by atoms with E-state index in [-0.39, 0.29) is 0 Å². The van der Waals surface area contributed by atoms with E-state index in [4.69, 9.17) is 4.98 Å². The molecular formula is C13H19N5. The largest absolute Gasteiger partial charge is 0.324 e. The van der Waals surface area contributed by atoms with Crippen molar-refractivity contribution in [1.82, 2.24) is 24.3 Å². The van der Waals surface area contributed by atoms with Gasteiger partial charge in [-0.25, -0.2) is 14.6 Å². The summed E-state index contributed by atoms with van der Waals surface area (Å²) in [6.07, 6.45) is 6.46. The highest BCUT2D eigenvalue weighted by molar-refractivity contribution is 5.20. The smallest absolute Gasteiger partial charge is 0.146 e. The molecule has 5 heteroatoms. The van der Waals surface area contributed by atoms with E-state index in [1.807, 2.05) is 4.68 Å². The highest BCUT2D eigenvalue weighted by Crippen LogP contribution is 2.22. The number of aryl methyl sites for hydroxylation is 3. The summed E-state index contributed by atoms with van der Waals surface area (Å²) in [4.78, 5) is 9.05. The second-order valence-electron chi connectivity index (χ2n) is 4.84. The lowest BCUT2D eigenvalue weighted by atomic mass is 10.0. The molecule has 1 aliphatic carbocycles. The van der Waals surface area contributed by atoms with Crippen molar-refractivity contribution in [3.63, 3.8) is 0 Å². The molecule has 2 aromatic rings. The Bertz CT molecular complexity index is 552. The molecule has 0 saturated heterocycles. The fraction of sp³-hybridized carbons (Fsp3) is 0.615. The molecule has 3 rings (SSSR count). The summed E-state index contributed by atoms with van der Waals surface area (Å²) >= 11 is 0. The lowest BCUT2D eigenvalue weighted by Crippen LogP contribution is -2.14. The minimum atomic E-state index is 0.794. The average Bonchev–Trinajstić information content (AvgIpc) is 2.95. The predicted molar refractivity (Wildman–Crippen MR) is 68.4 cm³/mol. The molecule has 0 N–H and O–H groups in total. The first kappa shape index (κ1) is 11.4. The average molecular weight is 245 g/mol. The van der Waals surface area contributed by atoms with Gasteiger partial charge in [0.1, 0.15) is 18.0 Å². The minimum Gasteiger partial charge on any atom is -0.324 e. The number of nitrogens with zero attached hydrogens (tertiary/aromatic N) is 5. The number of fused-ring (bicyclic) bond motifs is 1. The van der Waals surface area contributed by atoms with E-state index >= 15 is 0 Å². The number of imidazole rings is 1. The molecule has 1 aliphatic rings. The van der Waals surface area contributed by atoms with E-state index in [9.17, 15) is 0 Å². The van der Waals surface area contributed by atoms with Crippen LogP contribution in [0.5, 0.6) is 0 Å². The van der Waals surface area contributed by atoms with E-state index in [2.05, 4.69) is 28.5 Å². The van der Waals surface area contributed by atoms with Crippen molar-refractivity contribution in [2.45, 2.75) is 52.6 Å². The van der Waals surface area contributed by atoms with Crippen LogP contribution in [0.4, 0.5) is 0 Å². The lowest BCUT2D eigenvalue weighted by Gasteiger charge is -2.14. The maximum atomic E-state index is 4.69. The standard InChI is InChI=1S/C13H19N5/c1-3-18-13(14-9-15-18)8-17-10(2)16-11-6-4-5-7-12(11)17/h9H,3-8H2,1-2H3. The van der Waals surface area contributed by atoms with E-state index in [0.717, 1.165) is 37.6 Å². The van der Waals surface area contributed by atoms with Crippen molar-refractivity contribution >= 4 is 0 Å². The topological polar surface area (TPSA) is 48.5 Å². The molecule has 2 aromatic heterocycles. The molecule has 2 heterocycles. The molecule has 0 fully saturated rings. The molecular weight excluding hydrogens is 226 g/mol. The Balaban J connectivity index is 1.95. The molecule has 0 atom stereocenters. The summed E-state index contributed by atoms with van der Waals surface area (Å²) in [7, 11) is 0. The quantitative estimate of drug-likeness (QED) is 0.827. The second kappa shape index (κ2) is 4.55. The van der Waals surface area contributed by atoms with Crippen molar-refractivity contribution < 1.29 is 0 Å². The molecule has 0 amide bonds. The summed E-state index contributed by atoms with van der Waals surface area (Å²) < 4.78 is 4.26. The Morgan fingerprint density at radius 1 is 1.28 bits per heavy atom. The van der Waals surface area contributed by atoms with Gasteiger partial charge in [-0.15, -0.1) is 0 Å². The van der Waals surface area contributed by atoms with Crippen LogP contribution >= 0.6 is 0 Å². The molecule has 0 aliphatic heterocycles. The fourth-order valence-corrected chi connectivity index (χ4v) is 2.76. The summed E-state index contributed by atoms with van der Waals surface area (Å²) in [6, 6.07) is 0. The first-order chi connectivity index (χ1) is 8.79. The van der Waals surface area contributed by atoms with Crippen molar-refractivity contribution in [1.29, 1.82) is 0 Å². The Labute approximate surface area is 107 Å². The molecule has 0 saturated carbocycles. The third kappa shape index (κ3) is 1.83. The third-order valence-corrected chi connectivity index (χ3v) is 3.72. The summed E-state index contributed by atoms with van der Waals surface area (Å²) in [5.74, 6) is 2.12. The fourth-order valence-electron chi connectivity index (χ4n) is 2.76. The number of rotatable bonds is 3. The summed E-state index contributed by atoms with van der Waals surface area (Å²) in [6.45, 7) is 5.84. The SMILES string of the molecule is CCn1ncnc1Cn1c(C)nc2c1CCCC2. The van der Waals surface area contributed by atoms with Crippen molar-refractivity contribution in [3.05, 3.63) is 29.4 Å². The molecule has 0 radical (unpaired) electrons. The van der Waals surface area contributed by atoms with Gasteiger partial charge in [0.05, 0.1) is 12.2 Å². The van der Waals surface area contributed by atoms with Crippen LogP contribution in [0.3, 0.4) is 0 Å². The van der Waals surface area contributed by atoms with Crippen LogP contribution in [0, 0.1) is 6.92 Å². The van der Waals surface area contributed by atoms with Gasteiger partial charge < -0.3 is 4.57 Å². The molecule has 0 aromatic carbocycles. The van der Waals surface area contributed by atoms with Crippen molar-refractivity contribution in [2.24, 2.45) is 0 Å². The van der Waals surface area contributed by atoms with Crippen molar-refractivity contribution in [2.75, 3.05) is 0 Å². The first-order valence-electron chi connectivity index (χ1n) is 6.71. The van der Waals surface area contributed by atoms with E-state index in [1.54, 1.807) is 6.33 Å². The highest BCUT2D eigenvalue weighted by atomic mass is 15.3. The first-order valence-corrected chi connectivity index (χ1v) is 6.71. The van der Waals surface area contributed by atoms with Crippen LogP contribution < -0.4 is 0 Å². The van der Waals surface area contributed by atoms with Gasteiger partial charge in [0, 0.05) is 12.2 Å². The van der Waals surface area contributed by atoms with Crippen LogP contribution in [0.1, 0.15) is 42.8 Å². The number of hydrogen-bond acceptors (Lipinski definition) is 3. The van der Waals surface area contributed by atoms with Gasteiger partial charge in [0.15, 0.2) is 0 Å². The van der Waals surface area contributed by atoms with Crippen LogP contribution in [0.2, 0.25) is 0 Å². The summed E-state index contributed by atoms with van der Waals surface area (Å²) in [5.41, 5.74) is 2.70. The molecule has 0 bridgehead atoms. The Kier molecular flexibility index (Phi) is 2.89. The molecule has 5 nitrogen and oxygen atoms in total. The van der Waals surface area contributed by atoms with Gasteiger partial charge in [-0.2, -0.15) is 5.10 Å². The predicted octanol–water partition coefficient (Wildman–Crippen LogP) is 1.73. The Hall–Kier alpha value is -1.65. The number of aromatic nitrogens is 5. The molecule has 0 unspecified atom stereocenters. The van der Waals surface area contributed by atoms with Crippen LogP contribution in [0.25, 0.3) is 0 Å². The monoisotopic (exact) mass is 245 g/mol. The zero-order valence-electron chi connectivity index (χ0n) is 11.1. The van der Waals surface area contributed by atoms with Gasteiger partial charge in [-0.1, -0.05) is 0 Å². The highest BCUT2D eigenvalue weighted by Gasteiger charge is 2.19. The molecule has 0 spiro atoms. The number of hydrogen-bond donors (Lipinski definition) is 0. The van der Waals surface area contributed by atoms with Crippen LogP contribution in [-0.2, 0) is 25.9 Å². The van der Waals surface area contributed by atoms with Gasteiger partial charge in [0.2, 0.25) is 0 Å². The van der Waals surface area contributed by atoms with Crippen molar-refractivity contribution in [3.8, 4) is 0 Å². The van der Waals surface area contributed by atoms with Crippen LogP contribution in [0.15, 0.2) is 6.33 Å². The normalized spacial score (nSPS) is 14.8. The maximum absolute atomic E-state index is 4.69. The third-order valence-electron chi connectivity index (χ3n) is 3.72. The Morgan fingerprint density at radius 3 is 2.94 bits per heavy atom. The van der Waals surface area contributed by atoms with E-state index in [0.29, 0.717) is 0 Å². The maximum Gasteiger partial charge on any atom is 0.146 e. The zero-order chi connectivity index (χ0) is 12.5. The Morgan fingerprint density at radius 2 is 2.11 bits per heavy atom. The minimum absolute atomic E-state index is 0.794. The lowest BCUT2D eigenvalue weighted by molar-refractivity contribution is 0.566. The van der Waals surface area contributed by atoms with Gasteiger partial charge in [-0.05, 0) is 39.5 Å². The van der Waals surface area contributed by atoms with Gasteiger partial charge in [0.25, 0.3) is 0 Å². The van der Waals surface area contributed by atoms with Gasteiger partial charge in [-0.3, -0.25) is 0 Å². The van der Waals surface area contributed by atoms with E-state index in [1.165, 1.54) is 24.2 Å². The molecule has 96 valence electrons. The molecule has 18 heavy (non-hydrogen) atoms. The summed E-state index contributed by atoms with van der Waals surface area (Å²) in [5, 5.41) is 4.23.